The summed E-state index contributed by atoms with van der Waals surface area (Å²) >= 11 is 1.72. The van der Waals surface area contributed by atoms with Crippen LogP contribution in [0.15, 0.2) is 29.9 Å². The van der Waals surface area contributed by atoms with Gasteiger partial charge in [0.1, 0.15) is 0 Å². The van der Waals surface area contributed by atoms with Crippen molar-refractivity contribution in [3.05, 3.63) is 46.2 Å². The van der Waals surface area contributed by atoms with Gasteiger partial charge in [-0.25, -0.2) is 4.98 Å². The second-order valence-corrected chi connectivity index (χ2v) is 7.58. The van der Waals surface area contributed by atoms with Gasteiger partial charge >= 0.3 is 0 Å². The molecule has 1 aliphatic carbocycles. The minimum absolute atomic E-state index is 0.132. The van der Waals surface area contributed by atoms with Crippen LogP contribution < -0.4 is 0 Å². The Labute approximate surface area is 146 Å². The molecule has 2 fully saturated rings. The first kappa shape index (κ1) is 16.1. The molecule has 1 saturated heterocycles. The molecule has 1 aliphatic heterocycles. The van der Waals surface area contributed by atoms with Crippen molar-refractivity contribution in [2.24, 2.45) is 0 Å². The van der Waals surface area contributed by atoms with E-state index in [4.69, 9.17) is 9.47 Å². The van der Waals surface area contributed by atoms with Crippen LogP contribution in [-0.4, -0.2) is 46.3 Å². The minimum atomic E-state index is 0.132. The van der Waals surface area contributed by atoms with Gasteiger partial charge in [0, 0.05) is 36.9 Å². The van der Waals surface area contributed by atoms with Crippen molar-refractivity contribution in [1.82, 2.24) is 14.9 Å². The molecule has 0 aromatic carbocycles. The third-order valence-electron chi connectivity index (χ3n) is 4.87. The number of nitrogens with zero attached hydrogens (tertiary/aromatic N) is 3. The number of thiazole rings is 1. The predicted molar refractivity (Wildman–Crippen MR) is 92.8 cm³/mol. The molecule has 2 bridgehead atoms. The van der Waals surface area contributed by atoms with E-state index in [1.165, 1.54) is 0 Å². The smallest absolute Gasteiger partial charge is 0.0995 e. The molecule has 5 nitrogen and oxygen atoms in total. The summed E-state index contributed by atoms with van der Waals surface area (Å²) in [7, 11) is 0. The number of fused-ring (bicyclic) bond motifs is 2. The molecular formula is C18H23N3O2S. The number of aryl methyl sites for hydroxylation is 1. The molecule has 4 rings (SSSR count). The summed E-state index contributed by atoms with van der Waals surface area (Å²) in [6.07, 6.45) is 6.22. The van der Waals surface area contributed by atoms with Crippen molar-refractivity contribution < 1.29 is 9.47 Å². The van der Waals surface area contributed by atoms with Crippen molar-refractivity contribution in [2.45, 2.75) is 51.2 Å². The highest BCUT2D eigenvalue weighted by Gasteiger charge is 2.43. The lowest BCUT2D eigenvalue weighted by atomic mass is 10.1. The first-order valence-corrected chi connectivity index (χ1v) is 9.45. The second kappa shape index (κ2) is 7.27. The quantitative estimate of drug-likeness (QED) is 0.834. The summed E-state index contributed by atoms with van der Waals surface area (Å²) in [4.78, 5) is 11.3. The average molecular weight is 345 g/mol. The Hall–Kier alpha value is -1.34. The highest BCUT2D eigenvalue weighted by atomic mass is 32.1. The van der Waals surface area contributed by atoms with Crippen LogP contribution in [0.25, 0.3) is 0 Å². The van der Waals surface area contributed by atoms with E-state index < -0.39 is 0 Å². The van der Waals surface area contributed by atoms with Crippen molar-refractivity contribution >= 4 is 11.3 Å². The lowest BCUT2D eigenvalue weighted by molar-refractivity contribution is -0.0615. The molecule has 0 unspecified atom stereocenters. The predicted octanol–water partition coefficient (Wildman–Crippen LogP) is 2.80. The molecule has 3 atom stereocenters. The first-order valence-electron chi connectivity index (χ1n) is 8.57. The summed E-state index contributed by atoms with van der Waals surface area (Å²) in [6, 6.07) is 4.42. The van der Waals surface area contributed by atoms with Crippen molar-refractivity contribution in [2.75, 3.05) is 13.2 Å². The molecule has 1 saturated carbocycles. The van der Waals surface area contributed by atoms with Crippen molar-refractivity contribution in [3.63, 3.8) is 0 Å². The van der Waals surface area contributed by atoms with E-state index in [2.05, 4.69) is 33.2 Å². The Morgan fingerprint density at radius 2 is 2.38 bits per heavy atom. The molecule has 0 spiro atoms. The minimum Gasteiger partial charge on any atom is -0.374 e. The lowest BCUT2D eigenvalue weighted by Crippen LogP contribution is -2.42. The van der Waals surface area contributed by atoms with Crippen LogP contribution >= 0.6 is 11.3 Å². The van der Waals surface area contributed by atoms with Gasteiger partial charge in [0.15, 0.2) is 0 Å². The summed E-state index contributed by atoms with van der Waals surface area (Å²) in [6.45, 7) is 5.27. The van der Waals surface area contributed by atoms with Crippen LogP contribution in [0.3, 0.4) is 0 Å². The Bertz CT molecular complexity index is 663. The highest BCUT2D eigenvalue weighted by molar-refractivity contribution is 7.09. The molecule has 128 valence electrons. The molecule has 3 heterocycles. The van der Waals surface area contributed by atoms with Gasteiger partial charge in [0.05, 0.1) is 36.1 Å². The maximum absolute atomic E-state index is 6.28. The topological polar surface area (TPSA) is 47.5 Å². The lowest BCUT2D eigenvalue weighted by Gasteiger charge is -2.30. The fourth-order valence-electron chi connectivity index (χ4n) is 3.75. The molecule has 2 aromatic heterocycles. The first-order chi connectivity index (χ1) is 11.8. The fraction of sp³-hybridized carbons (Fsp3) is 0.556. The zero-order valence-electron chi connectivity index (χ0n) is 13.9. The fourth-order valence-corrected chi connectivity index (χ4v) is 4.35. The number of ether oxygens (including phenoxy) is 2. The average Bonchev–Trinajstić information content (AvgIpc) is 3.13. The molecule has 24 heavy (non-hydrogen) atoms. The van der Waals surface area contributed by atoms with Crippen LogP contribution in [-0.2, 0) is 22.6 Å². The van der Waals surface area contributed by atoms with E-state index in [0.717, 1.165) is 48.8 Å². The van der Waals surface area contributed by atoms with Crippen LogP contribution in [0.1, 0.15) is 29.1 Å². The van der Waals surface area contributed by atoms with E-state index in [1.807, 2.05) is 12.3 Å². The van der Waals surface area contributed by atoms with Gasteiger partial charge in [-0.05, 0) is 31.4 Å². The zero-order chi connectivity index (χ0) is 16.4. The van der Waals surface area contributed by atoms with Gasteiger partial charge in [-0.1, -0.05) is 6.07 Å². The second-order valence-electron chi connectivity index (χ2n) is 6.52. The summed E-state index contributed by atoms with van der Waals surface area (Å²) in [5.74, 6) is 0. The highest BCUT2D eigenvalue weighted by Crippen LogP contribution is 2.33. The Morgan fingerprint density at radius 3 is 3.17 bits per heavy atom. The molecule has 2 aromatic rings. The van der Waals surface area contributed by atoms with E-state index in [0.29, 0.717) is 12.6 Å². The maximum atomic E-state index is 6.28. The van der Waals surface area contributed by atoms with Crippen LogP contribution in [0.5, 0.6) is 0 Å². The SMILES string of the molecule is Cc1nc(CN2CCO[C@H]3CC[C@H]2[C@H]3OCc2cccnc2)cs1. The summed E-state index contributed by atoms with van der Waals surface area (Å²) < 4.78 is 12.4. The Kier molecular flexibility index (Phi) is 4.89. The van der Waals surface area contributed by atoms with Crippen molar-refractivity contribution in [3.8, 4) is 0 Å². The number of hydrogen-bond donors (Lipinski definition) is 0. The number of rotatable bonds is 5. The van der Waals surface area contributed by atoms with Gasteiger partial charge in [-0.3, -0.25) is 9.88 Å². The van der Waals surface area contributed by atoms with E-state index >= 15 is 0 Å². The van der Waals surface area contributed by atoms with Gasteiger partial charge in [0.2, 0.25) is 0 Å². The number of pyridine rings is 1. The normalized spacial score (nSPS) is 27.3. The van der Waals surface area contributed by atoms with Gasteiger partial charge in [0.25, 0.3) is 0 Å². The molecule has 0 N–H and O–H groups in total. The third-order valence-corrected chi connectivity index (χ3v) is 5.69. The standard InChI is InChI=1S/C18H23N3O2S/c1-13-20-15(12-24-13)10-21-7-8-22-17-5-4-16(21)18(17)23-11-14-3-2-6-19-9-14/h2-3,6,9,12,16-18H,4-5,7-8,10-11H2,1H3/t16-,17-,18+/m0/s1. The van der Waals surface area contributed by atoms with E-state index in [-0.39, 0.29) is 12.2 Å². The number of aromatic nitrogens is 2. The van der Waals surface area contributed by atoms with Crippen LogP contribution in [0.4, 0.5) is 0 Å². The van der Waals surface area contributed by atoms with Crippen LogP contribution in [0.2, 0.25) is 0 Å². The maximum Gasteiger partial charge on any atom is 0.0995 e. The van der Waals surface area contributed by atoms with Gasteiger partial charge in [-0.2, -0.15) is 0 Å². The van der Waals surface area contributed by atoms with Gasteiger partial charge < -0.3 is 9.47 Å². The molecule has 2 aliphatic rings. The van der Waals surface area contributed by atoms with E-state index in [9.17, 15) is 0 Å². The molecular weight excluding hydrogens is 322 g/mol. The third kappa shape index (κ3) is 3.52. The van der Waals surface area contributed by atoms with E-state index in [1.54, 1.807) is 17.5 Å². The molecule has 6 heteroatoms. The molecule has 0 radical (unpaired) electrons. The summed E-state index contributed by atoms with van der Waals surface area (Å²) in [5.41, 5.74) is 2.27. The Balaban J connectivity index is 1.45. The van der Waals surface area contributed by atoms with Crippen molar-refractivity contribution in [1.29, 1.82) is 0 Å². The van der Waals surface area contributed by atoms with Crippen LogP contribution in [0, 0.1) is 6.92 Å². The molecule has 0 amide bonds. The monoisotopic (exact) mass is 345 g/mol. The Morgan fingerprint density at radius 1 is 1.42 bits per heavy atom. The largest absolute Gasteiger partial charge is 0.374 e. The van der Waals surface area contributed by atoms with Gasteiger partial charge in [-0.15, -0.1) is 11.3 Å². The summed E-state index contributed by atoms with van der Waals surface area (Å²) in [5, 5.41) is 3.30. The number of hydrogen-bond acceptors (Lipinski definition) is 6. The zero-order valence-corrected chi connectivity index (χ0v) is 14.7.